The maximum absolute atomic E-state index is 11.9. The molecule has 2 unspecified atom stereocenters. The van der Waals surface area contributed by atoms with Crippen molar-refractivity contribution >= 4 is 21.8 Å². The molecule has 2 saturated heterocycles. The Hall–Kier alpha value is -0.130. The van der Waals surface area contributed by atoms with Crippen LogP contribution in [0.4, 0.5) is 0 Å². The van der Waals surface area contributed by atoms with Gasteiger partial charge in [-0.3, -0.25) is 4.79 Å². The van der Waals surface area contributed by atoms with Crippen LogP contribution in [0.25, 0.3) is 0 Å². The van der Waals surface area contributed by atoms with Gasteiger partial charge in [-0.1, -0.05) is 15.9 Å². The first kappa shape index (κ1) is 13.3. The predicted octanol–water partition coefficient (Wildman–Crippen LogP) is 1.57. The van der Waals surface area contributed by atoms with Crippen molar-refractivity contribution in [3.05, 3.63) is 0 Å². The van der Waals surface area contributed by atoms with E-state index in [1.54, 1.807) is 0 Å². The Kier molecular flexibility index (Phi) is 5.25. The van der Waals surface area contributed by atoms with Crippen molar-refractivity contribution in [1.29, 1.82) is 0 Å². The Balaban J connectivity index is 1.84. The first-order chi connectivity index (χ1) is 8.29. The van der Waals surface area contributed by atoms with Gasteiger partial charge in [0.1, 0.15) is 0 Å². The van der Waals surface area contributed by atoms with Gasteiger partial charge in [0, 0.05) is 26.3 Å². The van der Waals surface area contributed by atoms with Crippen LogP contribution in [0.5, 0.6) is 0 Å². The number of hydrogen-bond acceptors (Lipinski definition) is 3. The molecule has 1 amide bonds. The van der Waals surface area contributed by atoms with Crippen molar-refractivity contribution in [2.75, 3.05) is 31.6 Å². The maximum atomic E-state index is 11.9. The van der Waals surface area contributed by atoms with Crippen LogP contribution in [0.3, 0.4) is 0 Å². The van der Waals surface area contributed by atoms with Gasteiger partial charge >= 0.3 is 0 Å². The third kappa shape index (κ3) is 3.93. The smallest absolute Gasteiger partial charge is 0.233 e. The third-order valence-electron chi connectivity index (χ3n) is 3.36. The van der Waals surface area contributed by atoms with Gasteiger partial charge < -0.3 is 14.4 Å². The standard InChI is InChI=1S/C12H20BrNO3/c13-7-12(15)14(8-10-3-1-5-16-10)9-11-4-2-6-17-11/h10-11H,1-9H2. The van der Waals surface area contributed by atoms with E-state index in [1.807, 2.05) is 4.90 Å². The van der Waals surface area contributed by atoms with Crippen LogP contribution in [0.15, 0.2) is 0 Å². The largest absolute Gasteiger partial charge is 0.376 e. The SMILES string of the molecule is O=C(CBr)N(CC1CCCO1)CC1CCCO1. The Morgan fingerprint density at radius 1 is 1.12 bits per heavy atom. The van der Waals surface area contributed by atoms with Crippen molar-refractivity contribution in [3.8, 4) is 0 Å². The quantitative estimate of drug-likeness (QED) is 0.724. The van der Waals surface area contributed by atoms with E-state index >= 15 is 0 Å². The molecule has 0 aromatic heterocycles. The second-order valence-corrected chi connectivity index (χ2v) is 5.26. The molecule has 2 rings (SSSR count). The van der Waals surface area contributed by atoms with E-state index < -0.39 is 0 Å². The lowest BCUT2D eigenvalue weighted by atomic mass is 10.2. The Morgan fingerprint density at radius 2 is 1.65 bits per heavy atom. The van der Waals surface area contributed by atoms with Gasteiger partial charge in [0.25, 0.3) is 0 Å². The molecule has 4 nitrogen and oxygen atoms in total. The highest BCUT2D eigenvalue weighted by Crippen LogP contribution is 2.17. The lowest BCUT2D eigenvalue weighted by Gasteiger charge is -2.27. The minimum atomic E-state index is 0.135. The zero-order valence-electron chi connectivity index (χ0n) is 10.1. The molecule has 98 valence electrons. The number of halogens is 1. The molecule has 2 aliphatic heterocycles. The number of carbonyl (C=O) groups excluding carboxylic acids is 1. The van der Waals surface area contributed by atoms with Crippen LogP contribution in [-0.2, 0) is 14.3 Å². The van der Waals surface area contributed by atoms with Gasteiger partial charge in [-0.25, -0.2) is 0 Å². The van der Waals surface area contributed by atoms with Crippen molar-refractivity contribution in [2.45, 2.75) is 37.9 Å². The summed E-state index contributed by atoms with van der Waals surface area (Å²) >= 11 is 3.24. The third-order valence-corrected chi connectivity index (χ3v) is 3.84. The summed E-state index contributed by atoms with van der Waals surface area (Å²) in [6, 6.07) is 0. The number of alkyl halides is 1. The average Bonchev–Trinajstić information content (AvgIpc) is 3.00. The van der Waals surface area contributed by atoms with Gasteiger partial charge in [0.2, 0.25) is 5.91 Å². The molecular formula is C12H20BrNO3. The molecule has 2 heterocycles. The summed E-state index contributed by atoms with van der Waals surface area (Å²) < 4.78 is 11.2. The number of ether oxygens (including phenoxy) is 2. The number of hydrogen-bond donors (Lipinski definition) is 0. The first-order valence-corrected chi connectivity index (χ1v) is 7.48. The Morgan fingerprint density at radius 3 is 2.00 bits per heavy atom. The summed E-state index contributed by atoms with van der Waals surface area (Å²) in [6.45, 7) is 3.09. The van der Waals surface area contributed by atoms with E-state index in [1.165, 1.54) is 0 Å². The highest BCUT2D eigenvalue weighted by atomic mass is 79.9. The summed E-state index contributed by atoms with van der Waals surface area (Å²) in [5, 5.41) is 0.381. The number of amides is 1. The van der Waals surface area contributed by atoms with Crippen molar-refractivity contribution in [1.82, 2.24) is 4.90 Å². The predicted molar refractivity (Wildman–Crippen MR) is 68.3 cm³/mol. The monoisotopic (exact) mass is 305 g/mol. The Labute approximate surface area is 111 Å². The van der Waals surface area contributed by atoms with E-state index in [0.717, 1.165) is 38.9 Å². The first-order valence-electron chi connectivity index (χ1n) is 6.36. The summed E-state index contributed by atoms with van der Waals surface area (Å²) in [5.41, 5.74) is 0. The molecule has 5 heteroatoms. The molecule has 0 radical (unpaired) electrons. The average molecular weight is 306 g/mol. The zero-order valence-corrected chi connectivity index (χ0v) is 11.7. The minimum Gasteiger partial charge on any atom is -0.376 e. The molecular weight excluding hydrogens is 286 g/mol. The van der Waals surface area contributed by atoms with E-state index in [9.17, 15) is 4.79 Å². The van der Waals surface area contributed by atoms with E-state index in [0.29, 0.717) is 18.4 Å². The number of nitrogens with zero attached hydrogens (tertiary/aromatic N) is 1. The lowest BCUT2D eigenvalue weighted by molar-refractivity contribution is -0.131. The van der Waals surface area contributed by atoms with Gasteiger partial charge in [0.05, 0.1) is 17.5 Å². The number of carbonyl (C=O) groups is 1. The van der Waals surface area contributed by atoms with Crippen LogP contribution in [-0.4, -0.2) is 54.6 Å². The zero-order chi connectivity index (χ0) is 12.1. The highest BCUT2D eigenvalue weighted by Gasteiger charge is 2.26. The van der Waals surface area contributed by atoms with Gasteiger partial charge in [0.15, 0.2) is 0 Å². The normalized spacial score (nSPS) is 28.5. The fourth-order valence-electron chi connectivity index (χ4n) is 2.43. The minimum absolute atomic E-state index is 0.135. The molecule has 0 aliphatic carbocycles. The van der Waals surface area contributed by atoms with E-state index in [2.05, 4.69) is 15.9 Å². The fourth-order valence-corrected chi connectivity index (χ4v) is 2.79. The molecule has 2 aliphatic rings. The van der Waals surface area contributed by atoms with Gasteiger partial charge in [-0.15, -0.1) is 0 Å². The Bertz CT molecular complexity index is 232. The second-order valence-electron chi connectivity index (χ2n) is 4.70. The van der Waals surface area contributed by atoms with Crippen LogP contribution in [0.2, 0.25) is 0 Å². The van der Waals surface area contributed by atoms with E-state index in [4.69, 9.17) is 9.47 Å². The molecule has 2 atom stereocenters. The van der Waals surface area contributed by atoms with Crippen LogP contribution < -0.4 is 0 Å². The van der Waals surface area contributed by atoms with Crippen LogP contribution in [0.1, 0.15) is 25.7 Å². The molecule has 0 aromatic carbocycles. The lowest BCUT2D eigenvalue weighted by Crippen LogP contribution is -2.42. The van der Waals surface area contributed by atoms with Gasteiger partial charge in [-0.05, 0) is 25.7 Å². The highest BCUT2D eigenvalue weighted by molar-refractivity contribution is 9.09. The molecule has 0 spiro atoms. The summed E-state index contributed by atoms with van der Waals surface area (Å²) in [7, 11) is 0. The van der Waals surface area contributed by atoms with Crippen molar-refractivity contribution < 1.29 is 14.3 Å². The topological polar surface area (TPSA) is 38.8 Å². The molecule has 2 fully saturated rings. The molecule has 0 N–H and O–H groups in total. The summed E-state index contributed by atoms with van der Waals surface area (Å²) in [5.74, 6) is 0.135. The van der Waals surface area contributed by atoms with Crippen LogP contribution in [0, 0.1) is 0 Å². The van der Waals surface area contributed by atoms with E-state index in [-0.39, 0.29) is 18.1 Å². The molecule has 0 saturated carbocycles. The number of rotatable bonds is 5. The fraction of sp³-hybridized carbons (Fsp3) is 0.917. The maximum Gasteiger partial charge on any atom is 0.233 e. The molecule has 0 bridgehead atoms. The van der Waals surface area contributed by atoms with Gasteiger partial charge in [-0.2, -0.15) is 0 Å². The van der Waals surface area contributed by atoms with Crippen molar-refractivity contribution in [3.63, 3.8) is 0 Å². The second kappa shape index (κ2) is 6.71. The van der Waals surface area contributed by atoms with Crippen molar-refractivity contribution in [2.24, 2.45) is 0 Å². The van der Waals surface area contributed by atoms with Crippen LogP contribution >= 0.6 is 15.9 Å². The summed E-state index contributed by atoms with van der Waals surface area (Å²) in [6.07, 6.45) is 4.80. The summed E-state index contributed by atoms with van der Waals surface area (Å²) in [4.78, 5) is 13.7. The molecule has 0 aromatic rings. The molecule has 17 heavy (non-hydrogen) atoms.